The van der Waals surface area contributed by atoms with E-state index in [1.807, 2.05) is 0 Å². The SMILES string of the molecule is CSCCC(NC(=O)C(CCC(N)=O)NC(=O)C(N)CO)C(=O)NC(CCC(=O)O)C(=O)O. The van der Waals surface area contributed by atoms with Crippen LogP contribution < -0.4 is 27.4 Å². The normalized spacial score (nSPS) is 14.3. The van der Waals surface area contributed by atoms with Gasteiger partial charge in [-0.3, -0.25) is 24.0 Å². The van der Waals surface area contributed by atoms with Crippen LogP contribution in [0.25, 0.3) is 0 Å². The maximum atomic E-state index is 12.8. The molecule has 0 saturated carbocycles. The number of aliphatic hydroxyl groups is 1. The number of nitrogens with one attached hydrogen (secondary N) is 3. The Morgan fingerprint density at radius 2 is 1.30 bits per heavy atom. The van der Waals surface area contributed by atoms with Crippen molar-refractivity contribution in [2.45, 2.75) is 56.3 Å². The van der Waals surface area contributed by atoms with Crippen LogP contribution in [0.2, 0.25) is 0 Å². The van der Waals surface area contributed by atoms with Crippen LogP contribution in [0, 0.1) is 0 Å². The highest BCUT2D eigenvalue weighted by atomic mass is 32.2. The smallest absolute Gasteiger partial charge is 0.326 e. The van der Waals surface area contributed by atoms with Crippen molar-refractivity contribution in [3.63, 3.8) is 0 Å². The number of carboxylic acid groups (broad SMARTS) is 2. The monoisotopic (exact) mass is 493 g/mol. The molecule has 4 amide bonds. The fourth-order valence-corrected chi connectivity index (χ4v) is 2.96. The second-order valence-corrected chi connectivity index (χ2v) is 8.02. The maximum absolute atomic E-state index is 12.8. The Bertz CT molecular complexity index is 721. The number of carbonyl (C=O) groups is 6. The second-order valence-electron chi connectivity index (χ2n) is 7.03. The number of hydrogen-bond donors (Lipinski definition) is 8. The molecular formula is C18H31N5O9S. The number of carboxylic acids is 2. The van der Waals surface area contributed by atoms with Gasteiger partial charge in [0.05, 0.1) is 6.61 Å². The van der Waals surface area contributed by atoms with Crippen molar-refractivity contribution in [1.29, 1.82) is 0 Å². The number of aliphatic carboxylic acids is 2. The van der Waals surface area contributed by atoms with Crippen molar-refractivity contribution in [2.75, 3.05) is 18.6 Å². The highest BCUT2D eigenvalue weighted by Crippen LogP contribution is 2.06. The number of hydrogen-bond acceptors (Lipinski definition) is 9. The minimum absolute atomic E-state index is 0.0939. The number of primary amides is 1. The molecule has 0 fully saturated rings. The van der Waals surface area contributed by atoms with E-state index in [0.29, 0.717) is 5.75 Å². The average molecular weight is 494 g/mol. The highest BCUT2D eigenvalue weighted by molar-refractivity contribution is 7.98. The molecule has 14 nitrogen and oxygen atoms in total. The molecular weight excluding hydrogens is 462 g/mol. The summed E-state index contributed by atoms with van der Waals surface area (Å²) >= 11 is 1.35. The molecule has 0 aliphatic rings. The van der Waals surface area contributed by atoms with Gasteiger partial charge in [-0.2, -0.15) is 11.8 Å². The van der Waals surface area contributed by atoms with Gasteiger partial charge >= 0.3 is 11.9 Å². The lowest BCUT2D eigenvalue weighted by Crippen LogP contribution is -2.57. The van der Waals surface area contributed by atoms with Gasteiger partial charge in [0.1, 0.15) is 24.2 Å². The highest BCUT2D eigenvalue weighted by Gasteiger charge is 2.30. The summed E-state index contributed by atoms with van der Waals surface area (Å²) in [5.41, 5.74) is 10.5. The van der Waals surface area contributed by atoms with E-state index < -0.39 is 72.8 Å². The van der Waals surface area contributed by atoms with E-state index in [1.54, 1.807) is 6.26 Å². The second kappa shape index (κ2) is 15.8. The van der Waals surface area contributed by atoms with Crippen molar-refractivity contribution in [2.24, 2.45) is 11.5 Å². The van der Waals surface area contributed by atoms with Crippen molar-refractivity contribution in [3.05, 3.63) is 0 Å². The zero-order valence-corrected chi connectivity index (χ0v) is 18.9. The van der Waals surface area contributed by atoms with Crippen LogP contribution in [-0.4, -0.2) is 93.7 Å². The van der Waals surface area contributed by atoms with E-state index in [4.69, 9.17) is 21.7 Å². The molecule has 0 bridgehead atoms. The molecule has 0 heterocycles. The lowest BCUT2D eigenvalue weighted by molar-refractivity contribution is -0.143. The van der Waals surface area contributed by atoms with Gasteiger partial charge in [-0.15, -0.1) is 0 Å². The van der Waals surface area contributed by atoms with Crippen molar-refractivity contribution in [1.82, 2.24) is 16.0 Å². The lowest BCUT2D eigenvalue weighted by atomic mass is 10.1. The van der Waals surface area contributed by atoms with E-state index in [0.717, 1.165) is 0 Å². The minimum atomic E-state index is -1.49. The third-order valence-electron chi connectivity index (χ3n) is 4.35. The summed E-state index contributed by atoms with van der Waals surface area (Å²) in [7, 11) is 0. The van der Waals surface area contributed by atoms with Gasteiger partial charge < -0.3 is 42.7 Å². The predicted octanol–water partition coefficient (Wildman–Crippen LogP) is -3.27. The summed E-state index contributed by atoms with van der Waals surface area (Å²) in [4.78, 5) is 70.6. The van der Waals surface area contributed by atoms with Crippen molar-refractivity contribution >= 4 is 47.3 Å². The average Bonchev–Trinajstić information content (AvgIpc) is 2.74. The molecule has 0 aliphatic heterocycles. The summed E-state index contributed by atoms with van der Waals surface area (Å²) < 4.78 is 0. The van der Waals surface area contributed by atoms with Crippen LogP contribution in [0.5, 0.6) is 0 Å². The molecule has 0 aliphatic carbocycles. The topological polar surface area (TPSA) is 251 Å². The van der Waals surface area contributed by atoms with Crippen LogP contribution >= 0.6 is 11.8 Å². The fourth-order valence-electron chi connectivity index (χ4n) is 2.49. The van der Waals surface area contributed by atoms with Crippen LogP contribution in [0.4, 0.5) is 0 Å². The van der Waals surface area contributed by atoms with Crippen LogP contribution in [0.3, 0.4) is 0 Å². The fraction of sp³-hybridized carbons (Fsp3) is 0.667. The van der Waals surface area contributed by atoms with Crippen LogP contribution in [0.15, 0.2) is 0 Å². The standard InChI is InChI=1S/C18H31N5O9S/c1-33-7-6-11(17(30)23-12(18(31)32)3-5-14(26)27)22-16(29)10(2-4-13(20)25)21-15(28)9(19)8-24/h9-12,24H,2-8,19H2,1H3,(H2,20,25)(H,21,28)(H,22,29)(H,23,30)(H,26,27)(H,31,32). The predicted molar refractivity (Wildman–Crippen MR) is 117 cm³/mol. The molecule has 4 atom stereocenters. The first-order valence-electron chi connectivity index (χ1n) is 9.92. The Kier molecular flexibility index (Phi) is 14.4. The zero-order chi connectivity index (χ0) is 25.6. The minimum Gasteiger partial charge on any atom is -0.481 e. The first kappa shape index (κ1) is 30.1. The number of aliphatic hydroxyl groups excluding tert-OH is 1. The van der Waals surface area contributed by atoms with Gasteiger partial charge in [-0.25, -0.2) is 4.79 Å². The Morgan fingerprint density at radius 3 is 1.76 bits per heavy atom. The van der Waals surface area contributed by atoms with E-state index in [1.165, 1.54) is 11.8 Å². The summed E-state index contributed by atoms with van der Waals surface area (Å²) in [6.45, 7) is -0.693. The van der Waals surface area contributed by atoms with Gasteiger partial charge in [-0.1, -0.05) is 0 Å². The van der Waals surface area contributed by atoms with Gasteiger partial charge in [-0.05, 0) is 31.3 Å². The van der Waals surface area contributed by atoms with Gasteiger partial charge in [0.2, 0.25) is 23.6 Å². The summed E-state index contributed by atoms with van der Waals surface area (Å²) in [5, 5.41) is 33.9. The summed E-state index contributed by atoms with van der Waals surface area (Å²) in [6.07, 6.45) is 0.497. The van der Waals surface area contributed by atoms with Gasteiger partial charge in [0.15, 0.2) is 0 Å². The first-order valence-corrected chi connectivity index (χ1v) is 11.3. The number of amides is 4. The quantitative estimate of drug-likeness (QED) is 0.0997. The molecule has 4 unspecified atom stereocenters. The third-order valence-corrected chi connectivity index (χ3v) is 4.99. The van der Waals surface area contributed by atoms with Crippen LogP contribution in [0.1, 0.15) is 32.1 Å². The zero-order valence-electron chi connectivity index (χ0n) is 18.1. The molecule has 0 saturated heterocycles. The van der Waals surface area contributed by atoms with E-state index in [-0.39, 0.29) is 25.7 Å². The molecule has 10 N–H and O–H groups in total. The number of thioether (sulfide) groups is 1. The number of nitrogens with two attached hydrogens (primary N) is 2. The Morgan fingerprint density at radius 1 is 0.818 bits per heavy atom. The summed E-state index contributed by atoms with van der Waals surface area (Å²) in [5.74, 6) is -5.60. The third kappa shape index (κ3) is 12.6. The van der Waals surface area contributed by atoms with Crippen LogP contribution in [-0.2, 0) is 28.8 Å². The van der Waals surface area contributed by atoms with Gasteiger partial charge in [0.25, 0.3) is 0 Å². The Balaban J connectivity index is 5.46. The van der Waals surface area contributed by atoms with Gasteiger partial charge in [0, 0.05) is 12.8 Å². The molecule has 33 heavy (non-hydrogen) atoms. The number of rotatable bonds is 17. The van der Waals surface area contributed by atoms with E-state index in [9.17, 15) is 33.9 Å². The molecule has 15 heteroatoms. The molecule has 0 aromatic heterocycles. The number of carbonyl (C=O) groups excluding carboxylic acids is 4. The van der Waals surface area contributed by atoms with E-state index >= 15 is 0 Å². The summed E-state index contributed by atoms with van der Waals surface area (Å²) in [6, 6.07) is -5.34. The van der Waals surface area contributed by atoms with Crippen molar-refractivity contribution < 1.29 is 44.1 Å². The largest absolute Gasteiger partial charge is 0.481 e. The first-order chi connectivity index (χ1) is 15.4. The maximum Gasteiger partial charge on any atom is 0.326 e. The molecule has 0 aromatic rings. The lowest BCUT2D eigenvalue weighted by Gasteiger charge is -2.25. The van der Waals surface area contributed by atoms with E-state index in [2.05, 4.69) is 16.0 Å². The Hall–Kier alpha value is -2.91. The molecule has 188 valence electrons. The van der Waals surface area contributed by atoms with Crippen molar-refractivity contribution in [3.8, 4) is 0 Å². The Labute approximate surface area is 194 Å². The molecule has 0 radical (unpaired) electrons. The molecule has 0 rings (SSSR count). The molecule has 0 aromatic carbocycles. The molecule has 0 spiro atoms.